The average molecular weight is 311 g/mol. The van der Waals surface area contributed by atoms with E-state index in [4.69, 9.17) is 0 Å². The molecule has 0 aliphatic heterocycles. The molecule has 3 aromatic rings. The van der Waals surface area contributed by atoms with Gasteiger partial charge in [0.15, 0.2) is 0 Å². The molecule has 2 N–H and O–H groups in total. The van der Waals surface area contributed by atoms with E-state index in [9.17, 15) is 9.18 Å². The van der Waals surface area contributed by atoms with Gasteiger partial charge in [-0.3, -0.25) is 9.78 Å². The van der Waals surface area contributed by atoms with Gasteiger partial charge in [0.25, 0.3) is 0 Å². The number of nitrogens with zero attached hydrogens (tertiary/aromatic N) is 1. The molecule has 23 heavy (non-hydrogen) atoms. The van der Waals surface area contributed by atoms with Crippen LogP contribution in [0.5, 0.6) is 0 Å². The predicted molar refractivity (Wildman–Crippen MR) is 88.5 cm³/mol. The Hall–Kier alpha value is -2.69. The average Bonchev–Trinajstić information content (AvgIpc) is 2.93. The molecular formula is C18H18FN3O. The van der Waals surface area contributed by atoms with Crippen LogP contribution >= 0.6 is 0 Å². The van der Waals surface area contributed by atoms with E-state index >= 15 is 0 Å². The van der Waals surface area contributed by atoms with Crippen LogP contribution in [-0.4, -0.2) is 22.9 Å². The standard InChI is InChI=1S/C18H18FN3O/c1-20-17(23)7-4-5-13-14-11-12(19)8-9-15(14)22-18(13)16-6-2-3-10-21-16/h2-3,6,8-11,22H,4-5,7H2,1H3,(H,20,23). The Balaban J connectivity index is 2.01. The molecule has 0 bridgehead atoms. The number of amides is 1. The van der Waals surface area contributed by atoms with Gasteiger partial charge in [0.2, 0.25) is 5.91 Å². The van der Waals surface area contributed by atoms with Crippen molar-refractivity contribution in [3.05, 3.63) is 54.0 Å². The van der Waals surface area contributed by atoms with Crippen LogP contribution in [0, 0.1) is 5.82 Å². The Morgan fingerprint density at radius 3 is 2.91 bits per heavy atom. The third-order valence-electron chi connectivity index (χ3n) is 3.90. The maximum atomic E-state index is 13.6. The quantitative estimate of drug-likeness (QED) is 0.758. The summed E-state index contributed by atoms with van der Waals surface area (Å²) in [5.74, 6) is -0.257. The Morgan fingerprint density at radius 1 is 1.30 bits per heavy atom. The van der Waals surface area contributed by atoms with Crippen molar-refractivity contribution in [2.24, 2.45) is 0 Å². The number of benzene rings is 1. The molecule has 4 nitrogen and oxygen atoms in total. The normalized spacial score (nSPS) is 10.9. The molecule has 118 valence electrons. The van der Waals surface area contributed by atoms with Crippen molar-refractivity contribution in [2.75, 3.05) is 7.05 Å². The van der Waals surface area contributed by atoms with E-state index in [1.165, 1.54) is 12.1 Å². The second-order valence-electron chi connectivity index (χ2n) is 5.41. The number of carbonyl (C=O) groups excluding carboxylic acids is 1. The summed E-state index contributed by atoms with van der Waals surface area (Å²) in [6.45, 7) is 0. The van der Waals surface area contributed by atoms with E-state index in [0.29, 0.717) is 19.3 Å². The molecule has 0 saturated carbocycles. The zero-order chi connectivity index (χ0) is 16.2. The number of rotatable bonds is 5. The zero-order valence-electron chi connectivity index (χ0n) is 12.9. The fourth-order valence-electron chi connectivity index (χ4n) is 2.76. The van der Waals surface area contributed by atoms with E-state index < -0.39 is 0 Å². The number of fused-ring (bicyclic) bond motifs is 1. The first-order chi connectivity index (χ1) is 11.2. The zero-order valence-corrected chi connectivity index (χ0v) is 12.9. The molecule has 2 aromatic heterocycles. The summed E-state index contributed by atoms with van der Waals surface area (Å²) in [5, 5.41) is 3.47. The van der Waals surface area contributed by atoms with E-state index in [1.54, 1.807) is 19.3 Å². The Labute approximate surface area is 133 Å². The van der Waals surface area contributed by atoms with Crippen LogP contribution in [0.15, 0.2) is 42.6 Å². The number of nitrogens with one attached hydrogen (secondary N) is 2. The van der Waals surface area contributed by atoms with Gasteiger partial charge >= 0.3 is 0 Å². The van der Waals surface area contributed by atoms with Gasteiger partial charge in [0.1, 0.15) is 5.82 Å². The summed E-state index contributed by atoms with van der Waals surface area (Å²) in [6.07, 6.45) is 3.56. The lowest BCUT2D eigenvalue weighted by molar-refractivity contribution is -0.120. The van der Waals surface area contributed by atoms with Crippen molar-refractivity contribution in [2.45, 2.75) is 19.3 Å². The van der Waals surface area contributed by atoms with E-state index in [0.717, 1.165) is 27.9 Å². The van der Waals surface area contributed by atoms with Crippen LogP contribution in [0.3, 0.4) is 0 Å². The van der Waals surface area contributed by atoms with Crippen LogP contribution < -0.4 is 5.32 Å². The van der Waals surface area contributed by atoms with Gasteiger partial charge < -0.3 is 10.3 Å². The number of aromatic nitrogens is 2. The van der Waals surface area contributed by atoms with Crippen molar-refractivity contribution >= 4 is 16.8 Å². The first-order valence-corrected chi connectivity index (χ1v) is 7.61. The van der Waals surface area contributed by atoms with Gasteiger partial charge in [-0.1, -0.05) is 6.07 Å². The third kappa shape index (κ3) is 3.23. The summed E-state index contributed by atoms with van der Waals surface area (Å²) in [6, 6.07) is 10.4. The van der Waals surface area contributed by atoms with Crippen LogP contribution in [0.25, 0.3) is 22.3 Å². The molecule has 0 radical (unpaired) electrons. The number of hydrogen-bond acceptors (Lipinski definition) is 2. The fourth-order valence-corrected chi connectivity index (χ4v) is 2.76. The van der Waals surface area contributed by atoms with Gasteiger partial charge in [-0.2, -0.15) is 0 Å². The molecule has 0 aliphatic rings. The molecule has 0 spiro atoms. The van der Waals surface area contributed by atoms with Crippen molar-refractivity contribution in [3.63, 3.8) is 0 Å². The van der Waals surface area contributed by atoms with Gasteiger partial charge in [-0.05, 0) is 48.7 Å². The molecule has 0 unspecified atom stereocenters. The molecule has 2 heterocycles. The maximum absolute atomic E-state index is 13.6. The largest absolute Gasteiger partial charge is 0.359 e. The van der Waals surface area contributed by atoms with E-state index in [-0.39, 0.29) is 11.7 Å². The number of pyridine rings is 1. The smallest absolute Gasteiger partial charge is 0.219 e. The Kier molecular flexibility index (Phi) is 4.37. The summed E-state index contributed by atoms with van der Waals surface area (Å²) in [4.78, 5) is 19.1. The minimum absolute atomic E-state index is 0.00964. The highest BCUT2D eigenvalue weighted by atomic mass is 19.1. The molecule has 0 fully saturated rings. The highest BCUT2D eigenvalue weighted by Crippen LogP contribution is 2.31. The first-order valence-electron chi connectivity index (χ1n) is 7.61. The fraction of sp³-hybridized carbons (Fsp3) is 0.222. The summed E-state index contributed by atoms with van der Waals surface area (Å²) in [5.41, 5.74) is 3.59. The monoisotopic (exact) mass is 311 g/mol. The third-order valence-corrected chi connectivity index (χ3v) is 3.90. The van der Waals surface area contributed by atoms with Crippen molar-refractivity contribution in [1.82, 2.24) is 15.3 Å². The molecule has 1 aromatic carbocycles. The SMILES string of the molecule is CNC(=O)CCCc1c(-c2ccccn2)[nH]c2ccc(F)cc12. The minimum atomic E-state index is -0.267. The van der Waals surface area contributed by atoms with Crippen molar-refractivity contribution in [1.29, 1.82) is 0 Å². The summed E-state index contributed by atoms with van der Waals surface area (Å²) < 4.78 is 13.6. The number of aryl methyl sites for hydroxylation is 1. The predicted octanol–water partition coefficient (Wildman–Crippen LogP) is 3.44. The minimum Gasteiger partial charge on any atom is -0.359 e. The highest BCUT2D eigenvalue weighted by molar-refractivity contribution is 5.90. The number of carbonyl (C=O) groups is 1. The number of H-pyrrole nitrogens is 1. The van der Waals surface area contributed by atoms with E-state index in [2.05, 4.69) is 15.3 Å². The number of halogens is 1. The van der Waals surface area contributed by atoms with Gasteiger partial charge in [0.05, 0.1) is 11.4 Å². The van der Waals surface area contributed by atoms with E-state index in [1.807, 2.05) is 18.2 Å². The lowest BCUT2D eigenvalue weighted by atomic mass is 10.0. The molecule has 0 saturated heterocycles. The second-order valence-corrected chi connectivity index (χ2v) is 5.41. The van der Waals surface area contributed by atoms with Crippen LogP contribution in [0.4, 0.5) is 4.39 Å². The van der Waals surface area contributed by atoms with Gasteiger partial charge in [-0.15, -0.1) is 0 Å². The Morgan fingerprint density at radius 2 is 2.17 bits per heavy atom. The maximum Gasteiger partial charge on any atom is 0.219 e. The molecule has 0 aliphatic carbocycles. The summed E-state index contributed by atoms with van der Waals surface area (Å²) >= 11 is 0. The molecule has 3 rings (SSSR count). The van der Waals surface area contributed by atoms with Crippen LogP contribution in [0.2, 0.25) is 0 Å². The van der Waals surface area contributed by atoms with Gasteiger partial charge in [-0.25, -0.2) is 4.39 Å². The van der Waals surface area contributed by atoms with Crippen molar-refractivity contribution < 1.29 is 9.18 Å². The molecule has 0 atom stereocenters. The van der Waals surface area contributed by atoms with Crippen molar-refractivity contribution in [3.8, 4) is 11.4 Å². The first kappa shape index (κ1) is 15.2. The lowest BCUT2D eigenvalue weighted by Gasteiger charge is -2.05. The van der Waals surface area contributed by atoms with Gasteiger partial charge in [0, 0.05) is 30.6 Å². The van der Waals surface area contributed by atoms with Crippen LogP contribution in [-0.2, 0) is 11.2 Å². The number of hydrogen-bond donors (Lipinski definition) is 2. The second kappa shape index (κ2) is 6.60. The molecule has 1 amide bonds. The summed E-state index contributed by atoms with van der Waals surface area (Å²) in [7, 11) is 1.63. The highest BCUT2D eigenvalue weighted by Gasteiger charge is 2.15. The molecule has 5 heteroatoms. The number of aromatic amines is 1. The molecular weight excluding hydrogens is 293 g/mol. The lowest BCUT2D eigenvalue weighted by Crippen LogP contribution is -2.17. The Bertz CT molecular complexity index is 827. The topological polar surface area (TPSA) is 57.8 Å². The van der Waals surface area contributed by atoms with Crippen LogP contribution in [0.1, 0.15) is 18.4 Å².